The fourth-order valence-electron chi connectivity index (χ4n) is 4.23. The molecule has 1 saturated heterocycles. The lowest BCUT2D eigenvalue weighted by atomic mass is 10.1. The second-order valence-corrected chi connectivity index (χ2v) is 8.82. The van der Waals surface area contributed by atoms with E-state index in [2.05, 4.69) is 22.5 Å². The molecule has 3 amide bonds. The molecule has 0 spiro atoms. The number of nitrogens with two attached hydrogens (primary N) is 1. The maximum atomic E-state index is 12.3. The lowest BCUT2D eigenvalue weighted by Crippen LogP contribution is -2.44. The summed E-state index contributed by atoms with van der Waals surface area (Å²) in [7, 11) is 0. The molecule has 5 rings (SSSR count). The van der Waals surface area contributed by atoms with Crippen molar-refractivity contribution in [2.75, 3.05) is 36.5 Å². The Hall–Kier alpha value is -3.24. The predicted molar refractivity (Wildman–Crippen MR) is 124 cm³/mol. The van der Waals surface area contributed by atoms with Crippen LogP contribution in [-0.2, 0) is 22.6 Å². The average Bonchev–Trinajstić information content (AvgIpc) is 3.52. The van der Waals surface area contributed by atoms with Gasteiger partial charge in [-0.3, -0.25) is 4.79 Å². The zero-order valence-corrected chi connectivity index (χ0v) is 18.7. The highest BCUT2D eigenvalue weighted by Gasteiger charge is 2.31. The molecule has 3 aliphatic rings. The van der Waals surface area contributed by atoms with Crippen LogP contribution in [-0.4, -0.2) is 65.2 Å². The monoisotopic (exact) mass is 451 g/mol. The van der Waals surface area contributed by atoms with Crippen LogP contribution in [0.25, 0.3) is 11.3 Å². The molecule has 1 aromatic carbocycles. The SMILES string of the molecule is C[C@H]1COCCN1c1nc2c(c(-c3ccc(NC(=O)NC4CC4)cc3)n1)CN(C(=O)CN)C2. The van der Waals surface area contributed by atoms with E-state index in [1.165, 1.54) is 0 Å². The van der Waals surface area contributed by atoms with Gasteiger partial charge in [0.15, 0.2) is 0 Å². The number of rotatable bonds is 5. The molecule has 33 heavy (non-hydrogen) atoms. The molecule has 2 fully saturated rings. The van der Waals surface area contributed by atoms with Crippen LogP contribution in [0.5, 0.6) is 0 Å². The number of amides is 3. The summed E-state index contributed by atoms with van der Waals surface area (Å²) in [6.45, 7) is 4.87. The average molecular weight is 452 g/mol. The largest absolute Gasteiger partial charge is 0.377 e. The van der Waals surface area contributed by atoms with E-state index in [4.69, 9.17) is 20.4 Å². The van der Waals surface area contributed by atoms with E-state index in [1.54, 1.807) is 4.90 Å². The third-order valence-electron chi connectivity index (χ3n) is 6.25. The number of hydrogen-bond acceptors (Lipinski definition) is 7. The Morgan fingerprint density at radius 2 is 1.97 bits per heavy atom. The number of morpholine rings is 1. The number of hydrogen-bond donors (Lipinski definition) is 3. The van der Waals surface area contributed by atoms with Gasteiger partial charge in [0, 0.05) is 29.4 Å². The quantitative estimate of drug-likeness (QED) is 0.628. The lowest BCUT2D eigenvalue weighted by molar-refractivity contribution is -0.130. The first-order chi connectivity index (χ1) is 16.0. The lowest BCUT2D eigenvalue weighted by Gasteiger charge is -2.33. The van der Waals surface area contributed by atoms with Gasteiger partial charge in [-0.15, -0.1) is 0 Å². The molecule has 2 aromatic rings. The van der Waals surface area contributed by atoms with E-state index in [-0.39, 0.29) is 24.5 Å². The molecule has 2 aliphatic heterocycles. The summed E-state index contributed by atoms with van der Waals surface area (Å²) in [6.07, 6.45) is 2.08. The van der Waals surface area contributed by atoms with Crippen LogP contribution >= 0.6 is 0 Å². The van der Waals surface area contributed by atoms with Crippen molar-refractivity contribution in [2.24, 2.45) is 5.73 Å². The van der Waals surface area contributed by atoms with Crippen molar-refractivity contribution in [3.05, 3.63) is 35.5 Å². The summed E-state index contributed by atoms with van der Waals surface area (Å²) >= 11 is 0. The minimum Gasteiger partial charge on any atom is -0.377 e. The molecule has 0 unspecified atom stereocenters. The zero-order chi connectivity index (χ0) is 22.9. The van der Waals surface area contributed by atoms with Crippen molar-refractivity contribution in [1.82, 2.24) is 20.2 Å². The van der Waals surface area contributed by atoms with Crippen LogP contribution in [0.1, 0.15) is 31.0 Å². The summed E-state index contributed by atoms with van der Waals surface area (Å²) in [6, 6.07) is 7.88. The van der Waals surface area contributed by atoms with E-state index in [0.717, 1.165) is 35.4 Å². The van der Waals surface area contributed by atoms with Crippen molar-refractivity contribution in [3.63, 3.8) is 0 Å². The first-order valence-electron chi connectivity index (χ1n) is 11.4. The molecule has 0 radical (unpaired) electrons. The molecule has 3 heterocycles. The highest BCUT2D eigenvalue weighted by atomic mass is 16.5. The highest BCUT2D eigenvalue weighted by molar-refractivity contribution is 5.90. The first-order valence-corrected chi connectivity index (χ1v) is 11.4. The van der Waals surface area contributed by atoms with Crippen LogP contribution in [0.4, 0.5) is 16.4 Å². The number of ether oxygens (including phenoxy) is 1. The number of nitrogens with zero attached hydrogens (tertiary/aromatic N) is 4. The van der Waals surface area contributed by atoms with Gasteiger partial charge in [0.25, 0.3) is 0 Å². The Kier molecular flexibility index (Phi) is 5.86. The van der Waals surface area contributed by atoms with Gasteiger partial charge in [-0.05, 0) is 31.9 Å². The molecule has 1 atom stereocenters. The Labute approximate surface area is 192 Å². The van der Waals surface area contributed by atoms with E-state index in [1.807, 2.05) is 24.3 Å². The number of carbonyl (C=O) groups excluding carboxylic acids is 2. The first kappa shape index (κ1) is 21.6. The van der Waals surface area contributed by atoms with Crippen molar-refractivity contribution in [1.29, 1.82) is 0 Å². The Morgan fingerprint density at radius 1 is 1.18 bits per heavy atom. The molecule has 1 aliphatic carbocycles. The smallest absolute Gasteiger partial charge is 0.319 e. The molecule has 4 N–H and O–H groups in total. The molecule has 1 saturated carbocycles. The van der Waals surface area contributed by atoms with Crippen LogP contribution < -0.4 is 21.3 Å². The number of benzene rings is 1. The van der Waals surface area contributed by atoms with Crippen LogP contribution in [0, 0.1) is 0 Å². The summed E-state index contributed by atoms with van der Waals surface area (Å²) in [5, 5.41) is 5.79. The molecule has 0 bridgehead atoms. The summed E-state index contributed by atoms with van der Waals surface area (Å²) < 4.78 is 5.57. The Balaban J connectivity index is 1.45. The van der Waals surface area contributed by atoms with E-state index >= 15 is 0 Å². The molecule has 10 heteroatoms. The van der Waals surface area contributed by atoms with Crippen molar-refractivity contribution >= 4 is 23.6 Å². The molecule has 10 nitrogen and oxygen atoms in total. The van der Waals surface area contributed by atoms with E-state index in [9.17, 15) is 9.59 Å². The normalized spacial score (nSPS) is 19.9. The number of carbonyl (C=O) groups is 2. The third-order valence-corrected chi connectivity index (χ3v) is 6.25. The second kappa shape index (κ2) is 8.95. The Bertz CT molecular complexity index is 1050. The Morgan fingerprint density at radius 3 is 2.67 bits per heavy atom. The third kappa shape index (κ3) is 4.62. The van der Waals surface area contributed by atoms with Crippen molar-refractivity contribution in [3.8, 4) is 11.3 Å². The highest BCUT2D eigenvalue weighted by Crippen LogP contribution is 2.33. The second-order valence-electron chi connectivity index (χ2n) is 8.82. The van der Waals surface area contributed by atoms with Gasteiger partial charge < -0.3 is 30.9 Å². The van der Waals surface area contributed by atoms with Gasteiger partial charge in [-0.2, -0.15) is 0 Å². The van der Waals surface area contributed by atoms with Gasteiger partial charge in [-0.25, -0.2) is 14.8 Å². The maximum Gasteiger partial charge on any atom is 0.319 e. The fraction of sp³-hybridized carbons (Fsp3) is 0.478. The number of nitrogens with one attached hydrogen (secondary N) is 2. The zero-order valence-electron chi connectivity index (χ0n) is 18.7. The van der Waals surface area contributed by atoms with Crippen molar-refractivity contribution in [2.45, 2.75) is 44.9 Å². The summed E-state index contributed by atoms with van der Waals surface area (Å²) in [4.78, 5) is 38.0. The van der Waals surface area contributed by atoms with Gasteiger partial charge in [0.1, 0.15) is 0 Å². The fourth-order valence-corrected chi connectivity index (χ4v) is 4.23. The minimum atomic E-state index is -0.187. The number of aromatic nitrogens is 2. The molecular weight excluding hydrogens is 422 g/mol. The summed E-state index contributed by atoms with van der Waals surface area (Å²) in [5.74, 6) is 0.536. The molecule has 1 aromatic heterocycles. The summed E-state index contributed by atoms with van der Waals surface area (Å²) in [5.41, 5.74) is 9.81. The van der Waals surface area contributed by atoms with Crippen LogP contribution in [0.2, 0.25) is 0 Å². The van der Waals surface area contributed by atoms with E-state index in [0.29, 0.717) is 50.5 Å². The standard InChI is InChI=1S/C23H29N7O3/c1-14-13-33-9-8-30(14)22-27-19-12-29(20(31)10-24)11-18(19)21(28-22)15-2-4-16(5-3-15)25-23(32)26-17-6-7-17/h2-5,14,17H,6-13,24H2,1H3,(H2,25,26,32)/t14-/m0/s1. The van der Waals surface area contributed by atoms with Gasteiger partial charge in [0.05, 0.1) is 50.3 Å². The number of urea groups is 1. The van der Waals surface area contributed by atoms with Crippen LogP contribution in [0.3, 0.4) is 0 Å². The maximum absolute atomic E-state index is 12.3. The topological polar surface area (TPSA) is 126 Å². The number of anilines is 2. The van der Waals surface area contributed by atoms with E-state index < -0.39 is 0 Å². The van der Waals surface area contributed by atoms with Gasteiger partial charge >= 0.3 is 6.03 Å². The van der Waals surface area contributed by atoms with Crippen molar-refractivity contribution < 1.29 is 14.3 Å². The van der Waals surface area contributed by atoms with Gasteiger partial charge in [0.2, 0.25) is 11.9 Å². The van der Waals surface area contributed by atoms with Gasteiger partial charge in [-0.1, -0.05) is 12.1 Å². The number of fused-ring (bicyclic) bond motifs is 1. The minimum absolute atomic E-state index is 0.0343. The predicted octanol–water partition coefficient (Wildman–Crippen LogP) is 1.45. The molecular formula is C23H29N7O3. The van der Waals surface area contributed by atoms with Crippen LogP contribution in [0.15, 0.2) is 24.3 Å². The molecule has 174 valence electrons.